The minimum atomic E-state index is -0.430. The van der Waals surface area contributed by atoms with Crippen molar-refractivity contribution in [2.45, 2.75) is 13.3 Å². The molecule has 6 nitrogen and oxygen atoms in total. The second kappa shape index (κ2) is 6.14. The average Bonchev–Trinajstić information content (AvgIpc) is 2.78. The highest BCUT2D eigenvalue weighted by molar-refractivity contribution is 7.18. The molecule has 0 radical (unpaired) electrons. The van der Waals surface area contributed by atoms with Gasteiger partial charge in [0, 0.05) is 6.54 Å². The number of rotatable bonds is 3. The first kappa shape index (κ1) is 13.3. The van der Waals surface area contributed by atoms with E-state index in [2.05, 4.69) is 21.2 Å². The number of carbonyl (C=O) groups is 2. The number of amides is 3. The number of para-hydroxylation sites is 1. The summed E-state index contributed by atoms with van der Waals surface area (Å²) in [5, 5.41) is 3.23. The van der Waals surface area contributed by atoms with E-state index in [-0.39, 0.29) is 12.3 Å². The van der Waals surface area contributed by atoms with Crippen LogP contribution in [0.3, 0.4) is 0 Å². The number of nitrogens with one attached hydrogen (secondary N) is 3. The molecule has 0 spiro atoms. The van der Waals surface area contributed by atoms with Crippen molar-refractivity contribution in [1.82, 2.24) is 21.2 Å². The Morgan fingerprint density at radius 3 is 2.79 bits per heavy atom. The van der Waals surface area contributed by atoms with E-state index < -0.39 is 6.03 Å². The van der Waals surface area contributed by atoms with Crippen molar-refractivity contribution < 1.29 is 9.59 Å². The highest BCUT2D eigenvalue weighted by atomic mass is 32.1. The van der Waals surface area contributed by atoms with E-state index in [1.165, 1.54) is 11.3 Å². The lowest BCUT2D eigenvalue weighted by Gasteiger charge is -2.06. The van der Waals surface area contributed by atoms with Crippen LogP contribution in [0, 0.1) is 0 Å². The molecular weight excluding hydrogens is 264 g/mol. The molecule has 0 aliphatic heterocycles. The number of nitrogens with zero attached hydrogens (tertiary/aromatic N) is 1. The smallest absolute Gasteiger partial charge is 0.333 e. The number of hydrogen-bond acceptors (Lipinski definition) is 4. The Labute approximate surface area is 114 Å². The zero-order chi connectivity index (χ0) is 13.7. The predicted molar refractivity (Wildman–Crippen MR) is 73.7 cm³/mol. The number of thiazole rings is 1. The van der Waals surface area contributed by atoms with E-state index in [4.69, 9.17) is 0 Å². The summed E-state index contributed by atoms with van der Waals surface area (Å²) in [5.74, 6) is -0.301. The van der Waals surface area contributed by atoms with Crippen molar-refractivity contribution >= 4 is 33.5 Å². The Hall–Kier alpha value is -2.15. The van der Waals surface area contributed by atoms with Crippen LogP contribution >= 0.6 is 11.3 Å². The van der Waals surface area contributed by atoms with Gasteiger partial charge in [0.2, 0.25) is 5.91 Å². The lowest BCUT2D eigenvalue weighted by atomic mass is 10.3. The predicted octanol–water partition coefficient (Wildman–Crippen LogP) is 1.19. The van der Waals surface area contributed by atoms with Gasteiger partial charge in [0.1, 0.15) is 5.01 Å². The van der Waals surface area contributed by atoms with Crippen LogP contribution in [0.25, 0.3) is 10.2 Å². The van der Waals surface area contributed by atoms with E-state index in [1.54, 1.807) is 6.92 Å². The molecule has 1 aromatic carbocycles. The van der Waals surface area contributed by atoms with Crippen molar-refractivity contribution in [2.75, 3.05) is 6.54 Å². The Morgan fingerprint density at radius 2 is 2.05 bits per heavy atom. The molecule has 1 heterocycles. The highest BCUT2D eigenvalue weighted by Crippen LogP contribution is 2.21. The van der Waals surface area contributed by atoms with Crippen LogP contribution < -0.4 is 16.2 Å². The van der Waals surface area contributed by atoms with Gasteiger partial charge in [-0.3, -0.25) is 10.2 Å². The minimum Gasteiger partial charge on any atom is -0.337 e. The lowest BCUT2D eigenvalue weighted by molar-refractivity contribution is -0.121. The largest absolute Gasteiger partial charge is 0.337 e. The SMILES string of the molecule is CCNC(=O)NNC(=O)Cc1nc2ccccc2s1. The fourth-order valence-corrected chi connectivity index (χ4v) is 2.47. The van der Waals surface area contributed by atoms with Gasteiger partial charge in [-0.2, -0.15) is 0 Å². The lowest BCUT2D eigenvalue weighted by Crippen LogP contribution is -2.47. The molecule has 3 N–H and O–H groups in total. The zero-order valence-electron chi connectivity index (χ0n) is 10.4. The van der Waals surface area contributed by atoms with Crippen LogP contribution in [0.15, 0.2) is 24.3 Å². The molecule has 0 fully saturated rings. The van der Waals surface area contributed by atoms with E-state index >= 15 is 0 Å². The van der Waals surface area contributed by atoms with Crippen LogP contribution in [-0.4, -0.2) is 23.5 Å². The van der Waals surface area contributed by atoms with Gasteiger partial charge in [0.05, 0.1) is 16.6 Å². The molecule has 0 bridgehead atoms. The molecular formula is C12H14N4O2S. The minimum absolute atomic E-state index is 0.145. The summed E-state index contributed by atoms with van der Waals surface area (Å²) >= 11 is 1.47. The zero-order valence-corrected chi connectivity index (χ0v) is 11.2. The third-order valence-electron chi connectivity index (χ3n) is 2.30. The summed E-state index contributed by atoms with van der Waals surface area (Å²) in [4.78, 5) is 27.0. The third kappa shape index (κ3) is 3.65. The molecule has 19 heavy (non-hydrogen) atoms. The molecule has 3 amide bonds. The Balaban J connectivity index is 1.90. The van der Waals surface area contributed by atoms with Gasteiger partial charge < -0.3 is 5.32 Å². The number of carbonyl (C=O) groups excluding carboxylic acids is 2. The topological polar surface area (TPSA) is 83.1 Å². The molecule has 0 saturated heterocycles. The van der Waals surface area contributed by atoms with Gasteiger partial charge in [-0.05, 0) is 19.1 Å². The molecule has 7 heteroatoms. The van der Waals surface area contributed by atoms with Gasteiger partial charge in [-0.25, -0.2) is 15.2 Å². The van der Waals surface area contributed by atoms with Crippen molar-refractivity contribution in [3.05, 3.63) is 29.3 Å². The number of hydrogen-bond donors (Lipinski definition) is 3. The van der Waals surface area contributed by atoms with E-state index in [0.29, 0.717) is 6.54 Å². The summed E-state index contributed by atoms with van der Waals surface area (Å²) in [5.41, 5.74) is 5.47. The summed E-state index contributed by atoms with van der Waals surface area (Å²) < 4.78 is 1.04. The summed E-state index contributed by atoms with van der Waals surface area (Å²) in [6.45, 7) is 2.29. The number of hydrazine groups is 1. The molecule has 100 valence electrons. The number of fused-ring (bicyclic) bond motifs is 1. The summed E-state index contributed by atoms with van der Waals surface area (Å²) in [7, 11) is 0. The molecule has 0 atom stereocenters. The maximum absolute atomic E-state index is 11.6. The van der Waals surface area contributed by atoms with Gasteiger partial charge in [0.15, 0.2) is 0 Å². The first-order valence-electron chi connectivity index (χ1n) is 5.86. The highest BCUT2D eigenvalue weighted by Gasteiger charge is 2.09. The fraction of sp³-hybridized carbons (Fsp3) is 0.250. The van der Waals surface area contributed by atoms with E-state index in [1.807, 2.05) is 24.3 Å². The van der Waals surface area contributed by atoms with Crippen molar-refractivity contribution in [3.63, 3.8) is 0 Å². The standard InChI is InChI=1S/C12H14N4O2S/c1-2-13-12(18)16-15-10(17)7-11-14-8-5-3-4-6-9(8)19-11/h3-6H,2,7H2,1H3,(H,15,17)(H2,13,16,18). The first-order chi connectivity index (χ1) is 9.19. The van der Waals surface area contributed by atoms with Crippen molar-refractivity contribution in [2.24, 2.45) is 0 Å². The van der Waals surface area contributed by atoms with Crippen LogP contribution in [0.1, 0.15) is 11.9 Å². The third-order valence-corrected chi connectivity index (χ3v) is 3.34. The molecule has 0 unspecified atom stereocenters. The quantitative estimate of drug-likeness (QED) is 0.737. The van der Waals surface area contributed by atoms with Crippen LogP contribution in [0.5, 0.6) is 0 Å². The van der Waals surface area contributed by atoms with Crippen LogP contribution in [0.2, 0.25) is 0 Å². The van der Waals surface area contributed by atoms with Crippen molar-refractivity contribution in [3.8, 4) is 0 Å². The van der Waals surface area contributed by atoms with Crippen LogP contribution in [0.4, 0.5) is 4.79 Å². The molecule has 0 saturated carbocycles. The van der Waals surface area contributed by atoms with Crippen molar-refractivity contribution in [1.29, 1.82) is 0 Å². The summed E-state index contributed by atoms with van der Waals surface area (Å²) in [6, 6.07) is 7.27. The second-order valence-electron chi connectivity index (χ2n) is 3.78. The molecule has 2 aromatic rings. The monoisotopic (exact) mass is 278 g/mol. The first-order valence-corrected chi connectivity index (χ1v) is 6.68. The number of benzene rings is 1. The average molecular weight is 278 g/mol. The maximum atomic E-state index is 11.6. The van der Waals surface area contributed by atoms with Gasteiger partial charge >= 0.3 is 6.03 Å². The van der Waals surface area contributed by atoms with E-state index in [9.17, 15) is 9.59 Å². The van der Waals surface area contributed by atoms with Gasteiger partial charge in [-0.15, -0.1) is 11.3 Å². The number of urea groups is 1. The Morgan fingerprint density at radius 1 is 1.26 bits per heavy atom. The van der Waals surface area contributed by atoms with E-state index in [0.717, 1.165) is 15.2 Å². The Kier molecular flexibility index (Phi) is 4.30. The van der Waals surface area contributed by atoms with Gasteiger partial charge in [-0.1, -0.05) is 12.1 Å². The molecule has 0 aliphatic rings. The fourth-order valence-electron chi connectivity index (χ4n) is 1.51. The summed E-state index contributed by atoms with van der Waals surface area (Å²) in [6.07, 6.45) is 0.145. The number of aromatic nitrogens is 1. The normalized spacial score (nSPS) is 10.2. The van der Waals surface area contributed by atoms with Crippen LogP contribution in [-0.2, 0) is 11.2 Å². The maximum Gasteiger partial charge on any atom is 0.333 e. The molecule has 1 aromatic heterocycles. The second-order valence-corrected chi connectivity index (χ2v) is 4.90. The Bertz CT molecular complexity index is 563. The molecule has 0 aliphatic carbocycles. The molecule has 2 rings (SSSR count). The van der Waals surface area contributed by atoms with Gasteiger partial charge in [0.25, 0.3) is 0 Å².